The van der Waals surface area contributed by atoms with Gasteiger partial charge in [0.05, 0.1) is 5.69 Å². The first-order chi connectivity index (χ1) is 13.2. The smallest absolute Gasteiger partial charge is 0.224 e. The minimum Gasteiger partial charge on any atom is -0.368 e. The van der Waals surface area contributed by atoms with Crippen molar-refractivity contribution in [3.8, 4) is 11.3 Å². The summed E-state index contributed by atoms with van der Waals surface area (Å²) in [6.45, 7) is 1.97. The summed E-state index contributed by atoms with van der Waals surface area (Å²) in [5.41, 5.74) is 9.50. The number of anilines is 4. The van der Waals surface area contributed by atoms with Crippen LogP contribution in [0.4, 0.5) is 23.4 Å². The number of hydrogen-bond acceptors (Lipinski definition) is 7. The lowest BCUT2D eigenvalue weighted by molar-refractivity contribution is 0.744. The molecule has 0 radical (unpaired) electrons. The van der Waals surface area contributed by atoms with E-state index in [0.717, 1.165) is 28.3 Å². The van der Waals surface area contributed by atoms with Crippen LogP contribution in [0.15, 0.2) is 42.7 Å². The van der Waals surface area contributed by atoms with Crippen molar-refractivity contribution in [2.45, 2.75) is 38.6 Å². The standard InChI is InChI=1S/C20H23N7/c1-13-12-23-19(21)27-18(13)14-6-8-16(9-7-14)24-17-10-11-22-20(26-17)25-15-4-2-3-5-15/h6-12,15H,2-5H2,1H3,(H2,21,23,27)(H2,22,24,25,26). The SMILES string of the molecule is Cc1cnc(N)nc1-c1ccc(Nc2ccnc(NC3CCCC3)n2)cc1. The molecule has 1 aromatic carbocycles. The van der Waals surface area contributed by atoms with Gasteiger partial charge in [0, 0.05) is 29.7 Å². The number of hydrogen-bond donors (Lipinski definition) is 3. The summed E-state index contributed by atoms with van der Waals surface area (Å²) in [5, 5.41) is 6.75. The van der Waals surface area contributed by atoms with Crippen LogP contribution in [0.2, 0.25) is 0 Å². The van der Waals surface area contributed by atoms with E-state index in [0.29, 0.717) is 12.0 Å². The van der Waals surface area contributed by atoms with Gasteiger partial charge in [-0.3, -0.25) is 0 Å². The van der Waals surface area contributed by atoms with Crippen molar-refractivity contribution in [3.63, 3.8) is 0 Å². The minimum atomic E-state index is 0.279. The van der Waals surface area contributed by atoms with Gasteiger partial charge in [-0.1, -0.05) is 25.0 Å². The van der Waals surface area contributed by atoms with Gasteiger partial charge < -0.3 is 16.4 Å². The minimum absolute atomic E-state index is 0.279. The van der Waals surface area contributed by atoms with Gasteiger partial charge in [-0.05, 0) is 43.5 Å². The lowest BCUT2D eigenvalue weighted by Gasteiger charge is -2.13. The second-order valence-electron chi connectivity index (χ2n) is 6.85. The van der Waals surface area contributed by atoms with Crippen molar-refractivity contribution in [2.24, 2.45) is 0 Å². The third kappa shape index (κ3) is 4.13. The Labute approximate surface area is 158 Å². The van der Waals surface area contributed by atoms with E-state index in [1.54, 1.807) is 12.4 Å². The van der Waals surface area contributed by atoms with Gasteiger partial charge in [0.15, 0.2) is 0 Å². The fourth-order valence-corrected chi connectivity index (χ4v) is 3.36. The lowest BCUT2D eigenvalue weighted by atomic mass is 10.1. The molecule has 3 aromatic rings. The first-order valence-electron chi connectivity index (χ1n) is 9.23. The maximum Gasteiger partial charge on any atom is 0.224 e. The topological polar surface area (TPSA) is 102 Å². The van der Waals surface area contributed by atoms with Gasteiger partial charge in [0.1, 0.15) is 5.82 Å². The number of nitrogens with one attached hydrogen (secondary N) is 2. The fraction of sp³-hybridized carbons (Fsp3) is 0.300. The molecular weight excluding hydrogens is 338 g/mol. The Hall–Kier alpha value is -3.22. The van der Waals surface area contributed by atoms with Crippen molar-refractivity contribution in [1.29, 1.82) is 0 Å². The third-order valence-corrected chi connectivity index (χ3v) is 4.77. The average molecular weight is 361 g/mol. The summed E-state index contributed by atoms with van der Waals surface area (Å²) < 4.78 is 0. The zero-order chi connectivity index (χ0) is 18.6. The number of aryl methyl sites for hydroxylation is 1. The van der Waals surface area contributed by atoms with E-state index >= 15 is 0 Å². The molecule has 1 fully saturated rings. The van der Waals surface area contributed by atoms with Crippen molar-refractivity contribution in [2.75, 3.05) is 16.4 Å². The second-order valence-corrected chi connectivity index (χ2v) is 6.85. The molecule has 7 nitrogen and oxygen atoms in total. The van der Waals surface area contributed by atoms with Crippen LogP contribution in [0.1, 0.15) is 31.2 Å². The van der Waals surface area contributed by atoms with Gasteiger partial charge in [-0.25, -0.2) is 15.0 Å². The molecule has 138 valence electrons. The maximum atomic E-state index is 5.71. The van der Waals surface area contributed by atoms with Crippen LogP contribution in [0, 0.1) is 6.92 Å². The predicted molar refractivity (Wildman–Crippen MR) is 108 cm³/mol. The summed E-state index contributed by atoms with van der Waals surface area (Å²) in [6.07, 6.45) is 8.45. The highest BCUT2D eigenvalue weighted by atomic mass is 15.2. The molecule has 2 aromatic heterocycles. The summed E-state index contributed by atoms with van der Waals surface area (Å²) in [6, 6.07) is 10.4. The van der Waals surface area contributed by atoms with Gasteiger partial charge in [-0.2, -0.15) is 4.98 Å². The molecule has 0 bridgehead atoms. The summed E-state index contributed by atoms with van der Waals surface area (Å²) in [5.74, 6) is 1.72. The van der Waals surface area contributed by atoms with Crippen LogP contribution >= 0.6 is 0 Å². The van der Waals surface area contributed by atoms with Crippen molar-refractivity contribution < 1.29 is 0 Å². The monoisotopic (exact) mass is 361 g/mol. The van der Waals surface area contributed by atoms with E-state index in [-0.39, 0.29) is 5.95 Å². The Bertz CT molecular complexity index is 918. The van der Waals surface area contributed by atoms with Gasteiger partial charge in [0.2, 0.25) is 11.9 Å². The molecule has 0 saturated heterocycles. The summed E-state index contributed by atoms with van der Waals surface area (Å²) in [4.78, 5) is 17.2. The Morgan fingerprint density at radius 2 is 1.78 bits per heavy atom. The molecule has 4 rings (SSSR count). The van der Waals surface area contributed by atoms with Crippen molar-refractivity contribution >= 4 is 23.4 Å². The molecule has 0 unspecified atom stereocenters. The number of nitrogens with two attached hydrogens (primary N) is 1. The Morgan fingerprint density at radius 3 is 2.56 bits per heavy atom. The van der Waals surface area contributed by atoms with E-state index in [1.807, 2.05) is 37.3 Å². The van der Waals surface area contributed by atoms with Crippen LogP contribution in [0.25, 0.3) is 11.3 Å². The van der Waals surface area contributed by atoms with Crippen LogP contribution in [-0.2, 0) is 0 Å². The molecule has 0 amide bonds. The Kier molecular flexibility index (Phi) is 4.82. The highest BCUT2D eigenvalue weighted by Crippen LogP contribution is 2.25. The number of aromatic nitrogens is 4. The number of nitrogens with zero attached hydrogens (tertiary/aromatic N) is 4. The zero-order valence-electron chi connectivity index (χ0n) is 15.3. The molecule has 4 N–H and O–H groups in total. The van der Waals surface area contributed by atoms with Gasteiger partial charge in [0.25, 0.3) is 0 Å². The molecule has 1 aliphatic carbocycles. The summed E-state index contributed by atoms with van der Waals surface area (Å²) >= 11 is 0. The van der Waals surface area contributed by atoms with Crippen LogP contribution in [0.3, 0.4) is 0 Å². The zero-order valence-corrected chi connectivity index (χ0v) is 15.3. The van der Waals surface area contributed by atoms with E-state index in [9.17, 15) is 0 Å². The maximum absolute atomic E-state index is 5.71. The third-order valence-electron chi connectivity index (χ3n) is 4.77. The van der Waals surface area contributed by atoms with E-state index < -0.39 is 0 Å². The van der Waals surface area contributed by atoms with E-state index in [2.05, 4.69) is 30.6 Å². The van der Waals surface area contributed by atoms with Crippen molar-refractivity contribution in [3.05, 3.63) is 48.3 Å². The fourth-order valence-electron chi connectivity index (χ4n) is 3.36. The number of benzene rings is 1. The van der Waals surface area contributed by atoms with Gasteiger partial charge >= 0.3 is 0 Å². The van der Waals surface area contributed by atoms with Crippen molar-refractivity contribution in [1.82, 2.24) is 19.9 Å². The van der Waals surface area contributed by atoms with Crippen LogP contribution in [0.5, 0.6) is 0 Å². The molecular formula is C20H23N7. The highest BCUT2D eigenvalue weighted by molar-refractivity contribution is 5.67. The average Bonchev–Trinajstić information content (AvgIpc) is 3.18. The second kappa shape index (κ2) is 7.57. The first-order valence-corrected chi connectivity index (χ1v) is 9.23. The van der Waals surface area contributed by atoms with Crippen LogP contribution in [-0.4, -0.2) is 26.0 Å². The molecule has 0 aliphatic heterocycles. The molecule has 27 heavy (non-hydrogen) atoms. The Balaban J connectivity index is 1.47. The Morgan fingerprint density at radius 1 is 1.00 bits per heavy atom. The summed E-state index contributed by atoms with van der Waals surface area (Å²) in [7, 11) is 0. The largest absolute Gasteiger partial charge is 0.368 e. The quantitative estimate of drug-likeness (QED) is 0.633. The molecule has 1 aliphatic rings. The van der Waals surface area contributed by atoms with E-state index in [1.165, 1.54) is 25.7 Å². The van der Waals surface area contributed by atoms with E-state index in [4.69, 9.17) is 5.73 Å². The van der Waals surface area contributed by atoms with Gasteiger partial charge in [-0.15, -0.1) is 0 Å². The molecule has 2 heterocycles. The lowest BCUT2D eigenvalue weighted by Crippen LogP contribution is -2.16. The molecule has 0 atom stereocenters. The molecule has 7 heteroatoms. The normalized spacial score (nSPS) is 14.3. The highest BCUT2D eigenvalue weighted by Gasteiger charge is 2.15. The molecule has 0 spiro atoms. The molecule has 1 saturated carbocycles. The number of nitrogen functional groups attached to an aromatic ring is 1. The first kappa shape index (κ1) is 17.2. The number of rotatable bonds is 5. The predicted octanol–water partition coefficient (Wildman–Crippen LogP) is 3.92. The van der Waals surface area contributed by atoms with Crippen LogP contribution < -0.4 is 16.4 Å².